The lowest BCUT2D eigenvalue weighted by Gasteiger charge is -2.10. The van der Waals surface area contributed by atoms with Crippen LogP contribution in [-0.2, 0) is 7.05 Å². The van der Waals surface area contributed by atoms with Gasteiger partial charge in [-0.15, -0.1) is 0 Å². The number of methoxy groups -OCH3 is 1. The molecule has 2 rings (SSSR count). The van der Waals surface area contributed by atoms with Crippen LogP contribution >= 0.6 is 15.9 Å². The minimum absolute atomic E-state index is 0.439. The number of nitrogens with zero attached hydrogens (tertiary/aromatic N) is 2. The second-order valence-electron chi connectivity index (χ2n) is 3.27. The van der Waals surface area contributed by atoms with E-state index in [1.165, 1.54) is 7.11 Å². The molecule has 0 bridgehead atoms. The van der Waals surface area contributed by atoms with Gasteiger partial charge in [0.15, 0.2) is 16.5 Å². The number of hydrogen-bond acceptors (Lipinski definition) is 4. The number of aliphatic hydroxyl groups excluding tert-OH is 1. The highest BCUT2D eigenvalue weighted by atomic mass is 79.9. The second-order valence-corrected chi connectivity index (χ2v) is 4.05. The molecule has 1 N–H and O–H groups in total. The zero-order valence-electron chi connectivity index (χ0n) is 8.85. The van der Waals surface area contributed by atoms with Gasteiger partial charge in [0.25, 0.3) is 0 Å². The normalized spacial score (nSPS) is 12.8. The molecule has 0 radical (unpaired) electrons. The highest BCUT2D eigenvalue weighted by molar-refractivity contribution is 9.10. The highest BCUT2D eigenvalue weighted by Crippen LogP contribution is 2.31. The van der Waals surface area contributed by atoms with Crippen LogP contribution in [0.5, 0.6) is 5.75 Å². The van der Waals surface area contributed by atoms with Crippen molar-refractivity contribution >= 4 is 15.9 Å². The zero-order chi connectivity index (χ0) is 11.7. The molecule has 0 amide bonds. The van der Waals surface area contributed by atoms with Gasteiger partial charge in [-0.2, -0.15) is 5.10 Å². The van der Waals surface area contributed by atoms with E-state index in [0.29, 0.717) is 21.9 Å². The molecule has 1 atom stereocenters. The minimum Gasteiger partial charge on any atom is -0.493 e. The van der Waals surface area contributed by atoms with E-state index in [9.17, 15) is 5.11 Å². The van der Waals surface area contributed by atoms with Gasteiger partial charge in [0.05, 0.1) is 13.3 Å². The van der Waals surface area contributed by atoms with Gasteiger partial charge in [-0.1, -0.05) is 0 Å². The van der Waals surface area contributed by atoms with Crippen molar-refractivity contribution in [2.45, 2.75) is 6.10 Å². The first-order chi connectivity index (χ1) is 7.63. The third kappa shape index (κ3) is 1.85. The Balaban J connectivity index is 2.40. The van der Waals surface area contributed by atoms with Gasteiger partial charge in [0, 0.05) is 7.05 Å². The largest absolute Gasteiger partial charge is 0.493 e. The summed E-state index contributed by atoms with van der Waals surface area (Å²) in [5.74, 6) is 0.969. The molecule has 6 heteroatoms. The molecule has 86 valence electrons. The monoisotopic (exact) mass is 286 g/mol. The van der Waals surface area contributed by atoms with Gasteiger partial charge in [-0.25, -0.2) is 0 Å². The zero-order valence-corrected chi connectivity index (χ0v) is 10.4. The average Bonchev–Trinajstić information content (AvgIpc) is 2.83. The van der Waals surface area contributed by atoms with Crippen LogP contribution < -0.4 is 4.74 Å². The molecule has 0 aromatic carbocycles. The van der Waals surface area contributed by atoms with Gasteiger partial charge in [-0.3, -0.25) is 4.68 Å². The fourth-order valence-corrected chi connectivity index (χ4v) is 1.82. The SMILES string of the molecule is COc1cnn(C)c1C(O)c1ccc(Br)o1. The first-order valence-electron chi connectivity index (χ1n) is 4.62. The van der Waals surface area contributed by atoms with E-state index < -0.39 is 6.10 Å². The van der Waals surface area contributed by atoms with E-state index in [4.69, 9.17) is 9.15 Å². The Bertz CT molecular complexity index is 492. The summed E-state index contributed by atoms with van der Waals surface area (Å²) in [4.78, 5) is 0. The Morgan fingerprint density at radius 1 is 1.56 bits per heavy atom. The van der Waals surface area contributed by atoms with E-state index in [2.05, 4.69) is 21.0 Å². The van der Waals surface area contributed by atoms with Crippen molar-refractivity contribution in [2.24, 2.45) is 7.05 Å². The van der Waals surface area contributed by atoms with E-state index in [-0.39, 0.29) is 0 Å². The minimum atomic E-state index is -0.895. The Kier molecular flexibility index (Phi) is 3.02. The van der Waals surface area contributed by atoms with Crippen LogP contribution in [0.4, 0.5) is 0 Å². The summed E-state index contributed by atoms with van der Waals surface area (Å²) in [5.41, 5.74) is 0.560. The Morgan fingerprint density at radius 3 is 2.88 bits per heavy atom. The Labute approximate surface area is 101 Å². The fourth-order valence-electron chi connectivity index (χ4n) is 1.51. The third-order valence-corrected chi connectivity index (χ3v) is 2.72. The van der Waals surface area contributed by atoms with E-state index in [1.807, 2.05) is 0 Å². The molecule has 0 saturated carbocycles. The van der Waals surface area contributed by atoms with Crippen molar-refractivity contribution in [2.75, 3.05) is 7.11 Å². The highest BCUT2D eigenvalue weighted by Gasteiger charge is 2.22. The summed E-state index contributed by atoms with van der Waals surface area (Å²) < 4.78 is 12.5. The van der Waals surface area contributed by atoms with Gasteiger partial charge in [0.1, 0.15) is 11.5 Å². The van der Waals surface area contributed by atoms with E-state index in [0.717, 1.165) is 0 Å². The number of ether oxygens (including phenoxy) is 1. The molecule has 2 aromatic rings. The summed E-state index contributed by atoms with van der Waals surface area (Å²) >= 11 is 3.19. The lowest BCUT2D eigenvalue weighted by molar-refractivity contribution is 0.174. The first kappa shape index (κ1) is 11.2. The van der Waals surface area contributed by atoms with Gasteiger partial charge in [-0.05, 0) is 28.1 Å². The molecule has 0 aliphatic carbocycles. The number of aliphatic hydroxyl groups is 1. The predicted molar refractivity (Wildman–Crippen MR) is 60.2 cm³/mol. The van der Waals surface area contributed by atoms with Crippen molar-refractivity contribution < 1.29 is 14.3 Å². The first-order valence-corrected chi connectivity index (χ1v) is 5.42. The number of hydrogen-bond donors (Lipinski definition) is 1. The maximum atomic E-state index is 10.1. The van der Waals surface area contributed by atoms with Crippen molar-refractivity contribution in [3.8, 4) is 5.75 Å². The van der Waals surface area contributed by atoms with Gasteiger partial charge < -0.3 is 14.3 Å². The predicted octanol–water partition coefficient (Wildman–Crippen LogP) is 1.87. The number of rotatable bonds is 3. The molecule has 1 unspecified atom stereocenters. The van der Waals surface area contributed by atoms with Crippen LogP contribution in [0.1, 0.15) is 17.6 Å². The van der Waals surface area contributed by atoms with Gasteiger partial charge >= 0.3 is 0 Å². The molecular weight excluding hydrogens is 276 g/mol. The lowest BCUT2D eigenvalue weighted by Crippen LogP contribution is -2.07. The van der Waals surface area contributed by atoms with Crippen molar-refractivity contribution in [1.29, 1.82) is 0 Å². The van der Waals surface area contributed by atoms with Crippen molar-refractivity contribution in [1.82, 2.24) is 9.78 Å². The molecule has 0 spiro atoms. The fraction of sp³-hybridized carbons (Fsp3) is 0.300. The number of aryl methyl sites for hydroxylation is 1. The molecule has 0 aliphatic heterocycles. The van der Waals surface area contributed by atoms with Crippen LogP contribution in [0, 0.1) is 0 Å². The Hall–Kier alpha value is -1.27. The average molecular weight is 287 g/mol. The molecule has 16 heavy (non-hydrogen) atoms. The summed E-state index contributed by atoms with van der Waals surface area (Å²) in [6.45, 7) is 0. The molecule has 0 aliphatic rings. The van der Waals surface area contributed by atoms with Crippen LogP contribution in [0.3, 0.4) is 0 Å². The van der Waals surface area contributed by atoms with Crippen LogP contribution in [0.25, 0.3) is 0 Å². The maximum absolute atomic E-state index is 10.1. The molecule has 0 fully saturated rings. The van der Waals surface area contributed by atoms with Crippen molar-refractivity contribution in [3.63, 3.8) is 0 Å². The topological polar surface area (TPSA) is 60.4 Å². The summed E-state index contributed by atoms with van der Waals surface area (Å²) in [6.07, 6.45) is 0.657. The molecule has 5 nitrogen and oxygen atoms in total. The molecule has 2 heterocycles. The maximum Gasteiger partial charge on any atom is 0.169 e. The van der Waals surface area contributed by atoms with Crippen LogP contribution in [0.2, 0.25) is 0 Å². The molecule has 2 aromatic heterocycles. The number of aromatic nitrogens is 2. The Morgan fingerprint density at radius 2 is 2.31 bits per heavy atom. The van der Waals surface area contributed by atoms with Crippen molar-refractivity contribution in [3.05, 3.63) is 34.5 Å². The molecular formula is C10H11BrN2O3. The summed E-state index contributed by atoms with van der Waals surface area (Å²) in [6, 6.07) is 3.42. The third-order valence-electron chi connectivity index (χ3n) is 2.29. The van der Waals surface area contributed by atoms with Crippen LogP contribution in [0.15, 0.2) is 27.4 Å². The smallest absolute Gasteiger partial charge is 0.169 e. The summed E-state index contributed by atoms with van der Waals surface area (Å²) in [5, 5.41) is 14.2. The number of halogens is 1. The molecule has 0 saturated heterocycles. The van der Waals surface area contributed by atoms with E-state index >= 15 is 0 Å². The van der Waals surface area contributed by atoms with E-state index in [1.54, 1.807) is 30.1 Å². The second kappa shape index (κ2) is 4.31. The number of furan rings is 1. The van der Waals surface area contributed by atoms with Crippen LogP contribution in [-0.4, -0.2) is 22.0 Å². The summed E-state index contributed by atoms with van der Waals surface area (Å²) in [7, 11) is 3.27. The standard InChI is InChI=1S/C10H11BrN2O3/c1-13-9(7(15-2)5-12-13)10(14)6-3-4-8(11)16-6/h3-5,10,14H,1-2H3. The quantitative estimate of drug-likeness (QED) is 0.936. The van der Waals surface area contributed by atoms with Gasteiger partial charge in [0.2, 0.25) is 0 Å². The lowest BCUT2D eigenvalue weighted by atomic mass is 10.2.